The molecule has 0 aliphatic heterocycles. The molecular weight excluding hydrogens is 473 g/mol. The Hall–Kier alpha value is -1.11. The van der Waals surface area contributed by atoms with Crippen molar-refractivity contribution in [2.45, 2.75) is 86.5 Å². The molecular formula is C23H39NO4Sn. The van der Waals surface area contributed by atoms with Gasteiger partial charge in [0.25, 0.3) is 0 Å². The van der Waals surface area contributed by atoms with Crippen molar-refractivity contribution in [1.29, 1.82) is 0 Å². The van der Waals surface area contributed by atoms with E-state index in [1.807, 2.05) is 12.1 Å². The van der Waals surface area contributed by atoms with Crippen molar-refractivity contribution in [1.82, 2.24) is 4.98 Å². The summed E-state index contributed by atoms with van der Waals surface area (Å²) < 4.78 is 15.4. The summed E-state index contributed by atoms with van der Waals surface area (Å²) in [5.74, 6) is -0.914. The van der Waals surface area contributed by atoms with E-state index in [4.69, 9.17) is 9.47 Å². The summed E-state index contributed by atoms with van der Waals surface area (Å²) in [5, 5.41) is 0. The van der Waals surface area contributed by atoms with Gasteiger partial charge in [-0.25, -0.2) is 0 Å². The standard InChI is InChI=1S/C11H12NO4.3C4H9.Sn/c1-3-15-10(13)8-6-5-7-9(12-8)11(14)16-4-2;3*1-3-4-2;/h6-7H,3-4H2,1-2H3;3*1,3-4H2,2H3;. The van der Waals surface area contributed by atoms with E-state index in [0.29, 0.717) is 0 Å². The van der Waals surface area contributed by atoms with Gasteiger partial charge in [-0.05, 0) is 0 Å². The third-order valence-corrected chi connectivity index (χ3v) is 21.0. The molecule has 29 heavy (non-hydrogen) atoms. The van der Waals surface area contributed by atoms with Gasteiger partial charge < -0.3 is 0 Å². The number of hydrogen-bond acceptors (Lipinski definition) is 5. The van der Waals surface area contributed by atoms with Crippen molar-refractivity contribution in [3.05, 3.63) is 23.5 Å². The second kappa shape index (κ2) is 14.0. The van der Waals surface area contributed by atoms with Crippen molar-refractivity contribution < 1.29 is 19.1 Å². The van der Waals surface area contributed by atoms with Crippen LogP contribution in [0, 0.1) is 0 Å². The molecule has 0 saturated heterocycles. The first kappa shape index (κ1) is 25.9. The summed E-state index contributed by atoms with van der Waals surface area (Å²) in [6, 6.07) is 3.88. The SMILES string of the molecule is CCC[CH2][Sn]([CH2]CCC)([CH2]CCC)[c]1cc(C(=O)OCC)nc(C(=O)OCC)c1. The quantitative estimate of drug-likeness (QED) is 0.244. The van der Waals surface area contributed by atoms with Crippen LogP contribution in [0.1, 0.15) is 94.1 Å². The summed E-state index contributed by atoms with van der Waals surface area (Å²) in [7, 11) is 0. The normalized spacial score (nSPS) is 11.3. The molecule has 0 bridgehead atoms. The zero-order valence-electron chi connectivity index (χ0n) is 19.0. The fourth-order valence-corrected chi connectivity index (χ4v) is 19.8. The van der Waals surface area contributed by atoms with Gasteiger partial charge in [-0.2, -0.15) is 0 Å². The number of hydrogen-bond donors (Lipinski definition) is 0. The zero-order valence-corrected chi connectivity index (χ0v) is 21.9. The van der Waals surface area contributed by atoms with Gasteiger partial charge >= 0.3 is 181 Å². The van der Waals surface area contributed by atoms with E-state index in [0.717, 1.165) is 19.3 Å². The molecule has 0 atom stereocenters. The van der Waals surface area contributed by atoms with E-state index in [2.05, 4.69) is 25.8 Å². The Kier molecular flexibility index (Phi) is 12.5. The van der Waals surface area contributed by atoms with Crippen LogP contribution in [0.4, 0.5) is 0 Å². The van der Waals surface area contributed by atoms with Gasteiger partial charge in [0.05, 0.1) is 0 Å². The van der Waals surface area contributed by atoms with Gasteiger partial charge in [-0.15, -0.1) is 0 Å². The topological polar surface area (TPSA) is 65.5 Å². The summed E-state index contributed by atoms with van der Waals surface area (Å²) in [6.07, 6.45) is 7.10. The number of pyridine rings is 1. The van der Waals surface area contributed by atoms with Crippen LogP contribution in [0.3, 0.4) is 0 Å². The van der Waals surface area contributed by atoms with Crippen LogP contribution >= 0.6 is 0 Å². The van der Waals surface area contributed by atoms with Gasteiger partial charge in [0.2, 0.25) is 0 Å². The second-order valence-electron chi connectivity index (χ2n) is 7.66. The number of rotatable bonds is 14. The molecule has 0 aliphatic carbocycles. The minimum absolute atomic E-state index is 0.248. The molecule has 0 aliphatic rings. The number of nitrogens with zero attached hydrogens (tertiary/aromatic N) is 1. The molecule has 0 amide bonds. The summed E-state index contributed by atoms with van der Waals surface area (Å²) in [5.41, 5.74) is 0.496. The van der Waals surface area contributed by atoms with E-state index in [1.54, 1.807) is 13.8 Å². The molecule has 0 unspecified atom stereocenters. The molecule has 164 valence electrons. The summed E-state index contributed by atoms with van der Waals surface area (Å²) >= 11 is -2.83. The Labute approximate surface area is 180 Å². The summed E-state index contributed by atoms with van der Waals surface area (Å²) in [6.45, 7) is 10.8. The van der Waals surface area contributed by atoms with E-state index in [-0.39, 0.29) is 24.6 Å². The van der Waals surface area contributed by atoms with Crippen LogP contribution < -0.4 is 3.58 Å². The first-order chi connectivity index (χ1) is 14.0. The van der Waals surface area contributed by atoms with Gasteiger partial charge in [-0.1, -0.05) is 0 Å². The monoisotopic (exact) mass is 513 g/mol. The molecule has 1 heterocycles. The Bertz CT molecular complexity index is 590. The van der Waals surface area contributed by atoms with Crippen molar-refractivity contribution >= 4 is 33.9 Å². The van der Waals surface area contributed by atoms with Crippen LogP contribution in [0.25, 0.3) is 0 Å². The van der Waals surface area contributed by atoms with E-state index >= 15 is 0 Å². The molecule has 0 spiro atoms. The Morgan fingerprint density at radius 1 is 0.759 bits per heavy atom. The van der Waals surface area contributed by atoms with Crippen LogP contribution in [0.15, 0.2) is 12.1 Å². The molecule has 1 aromatic heterocycles. The number of aromatic nitrogens is 1. The van der Waals surface area contributed by atoms with Crippen molar-refractivity contribution in [2.24, 2.45) is 0 Å². The van der Waals surface area contributed by atoms with E-state index in [9.17, 15) is 9.59 Å². The van der Waals surface area contributed by atoms with E-state index < -0.39 is 30.3 Å². The first-order valence-corrected chi connectivity index (χ1v) is 18.8. The number of carbonyl (C=O) groups excluding carboxylic acids is 2. The maximum absolute atomic E-state index is 12.5. The van der Waals surface area contributed by atoms with Gasteiger partial charge in [0.1, 0.15) is 0 Å². The minimum atomic E-state index is -2.83. The fraction of sp³-hybridized carbons (Fsp3) is 0.696. The van der Waals surface area contributed by atoms with Gasteiger partial charge in [-0.3, -0.25) is 0 Å². The molecule has 0 fully saturated rings. The number of carbonyl (C=O) groups is 2. The molecule has 1 aromatic rings. The molecule has 5 nitrogen and oxygen atoms in total. The van der Waals surface area contributed by atoms with Crippen LogP contribution in [0.2, 0.25) is 13.3 Å². The average molecular weight is 512 g/mol. The number of esters is 2. The first-order valence-electron chi connectivity index (χ1n) is 11.3. The Balaban J connectivity index is 3.55. The van der Waals surface area contributed by atoms with E-state index in [1.165, 1.54) is 36.2 Å². The fourth-order valence-electron chi connectivity index (χ4n) is 3.81. The van der Waals surface area contributed by atoms with Crippen molar-refractivity contribution in [3.63, 3.8) is 0 Å². The van der Waals surface area contributed by atoms with Crippen LogP contribution in [-0.2, 0) is 9.47 Å². The van der Waals surface area contributed by atoms with Crippen LogP contribution in [0.5, 0.6) is 0 Å². The predicted molar refractivity (Wildman–Crippen MR) is 121 cm³/mol. The summed E-state index contributed by atoms with van der Waals surface area (Å²) in [4.78, 5) is 29.3. The van der Waals surface area contributed by atoms with Crippen LogP contribution in [-0.4, -0.2) is 48.5 Å². The second-order valence-corrected chi connectivity index (χ2v) is 20.9. The predicted octanol–water partition coefficient (Wildman–Crippen LogP) is 5.49. The maximum atomic E-state index is 12.5. The zero-order chi connectivity index (χ0) is 21.7. The third kappa shape index (κ3) is 7.91. The third-order valence-electron chi connectivity index (χ3n) is 5.43. The number of ether oxygens (including phenoxy) is 2. The van der Waals surface area contributed by atoms with Gasteiger partial charge in [0, 0.05) is 0 Å². The molecule has 0 radical (unpaired) electrons. The molecule has 1 rings (SSSR count). The van der Waals surface area contributed by atoms with Crippen molar-refractivity contribution in [2.75, 3.05) is 13.2 Å². The molecule has 0 aromatic carbocycles. The number of unbranched alkanes of at least 4 members (excludes halogenated alkanes) is 3. The Morgan fingerprint density at radius 2 is 1.14 bits per heavy atom. The molecule has 0 saturated carbocycles. The Morgan fingerprint density at radius 3 is 1.45 bits per heavy atom. The molecule has 6 heteroatoms. The van der Waals surface area contributed by atoms with Gasteiger partial charge in [0.15, 0.2) is 0 Å². The van der Waals surface area contributed by atoms with Crippen molar-refractivity contribution in [3.8, 4) is 0 Å². The molecule has 0 N–H and O–H groups in total. The average Bonchev–Trinajstić information content (AvgIpc) is 2.73.